The third-order valence-electron chi connectivity index (χ3n) is 4.46. The van der Waals surface area contributed by atoms with E-state index in [2.05, 4.69) is 5.32 Å². The van der Waals surface area contributed by atoms with Crippen LogP contribution in [0.15, 0.2) is 33.5 Å². The molecule has 0 bridgehead atoms. The van der Waals surface area contributed by atoms with Crippen LogP contribution in [0.4, 0.5) is 11.5 Å². The van der Waals surface area contributed by atoms with Crippen molar-refractivity contribution in [3.63, 3.8) is 0 Å². The van der Waals surface area contributed by atoms with Gasteiger partial charge in [-0.15, -0.1) is 0 Å². The monoisotopic (exact) mass is 370 g/mol. The molecule has 9 heteroatoms. The van der Waals surface area contributed by atoms with Crippen molar-refractivity contribution in [2.45, 2.75) is 26.8 Å². The van der Waals surface area contributed by atoms with Crippen molar-refractivity contribution in [1.29, 1.82) is 0 Å². The molecule has 0 spiro atoms. The van der Waals surface area contributed by atoms with Gasteiger partial charge in [-0.3, -0.25) is 28.8 Å². The van der Waals surface area contributed by atoms with Gasteiger partial charge in [0.25, 0.3) is 11.2 Å². The maximum absolute atomic E-state index is 12.7. The second-order valence-electron chi connectivity index (χ2n) is 6.34. The summed E-state index contributed by atoms with van der Waals surface area (Å²) in [4.78, 5) is 48.1. The highest BCUT2D eigenvalue weighted by Gasteiger charge is 2.32. The number of nitrogens with zero attached hydrogens (tertiary/aromatic N) is 3. The Kier molecular flexibility index (Phi) is 4.52. The minimum absolute atomic E-state index is 0.0638. The van der Waals surface area contributed by atoms with E-state index in [1.165, 1.54) is 23.8 Å². The van der Waals surface area contributed by atoms with Gasteiger partial charge < -0.3 is 5.32 Å². The number of nitro benzene ring substituents is 1. The number of anilines is 1. The minimum atomic E-state index is -0.668. The fourth-order valence-electron chi connectivity index (χ4n) is 3.03. The minimum Gasteiger partial charge on any atom is -0.338 e. The molecule has 1 N–H and O–H groups in total. The summed E-state index contributed by atoms with van der Waals surface area (Å²) in [6.45, 7) is 3.85. The van der Waals surface area contributed by atoms with E-state index < -0.39 is 22.0 Å². The summed E-state index contributed by atoms with van der Waals surface area (Å²) in [6.07, 6.45) is 2.08. The summed E-state index contributed by atoms with van der Waals surface area (Å²) in [7, 11) is 1.33. The van der Waals surface area contributed by atoms with E-state index >= 15 is 0 Å². The number of nitro groups is 1. The molecule has 9 nitrogen and oxygen atoms in total. The quantitative estimate of drug-likeness (QED) is 0.498. The first-order chi connectivity index (χ1) is 12.8. The third kappa shape index (κ3) is 2.97. The smallest absolute Gasteiger partial charge is 0.332 e. The molecule has 2 heterocycles. The van der Waals surface area contributed by atoms with Crippen molar-refractivity contribution in [3.05, 3.63) is 71.5 Å². The molecule has 27 heavy (non-hydrogen) atoms. The lowest BCUT2D eigenvalue weighted by molar-refractivity contribution is -0.385. The molecule has 1 aliphatic rings. The van der Waals surface area contributed by atoms with Crippen LogP contribution in [0.25, 0.3) is 6.08 Å². The molecule has 2 aromatic rings. The molecule has 1 aliphatic heterocycles. The van der Waals surface area contributed by atoms with Gasteiger partial charge in [-0.2, -0.15) is 0 Å². The molecule has 0 fully saturated rings. The van der Waals surface area contributed by atoms with Crippen molar-refractivity contribution in [3.8, 4) is 0 Å². The first-order valence-electron chi connectivity index (χ1n) is 8.38. The molecule has 3 rings (SSSR count). The molecule has 0 aliphatic carbocycles. The Balaban J connectivity index is 2.14. The Morgan fingerprint density at radius 3 is 2.59 bits per heavy atom. The summed E-state index contributed by atoms with van der Waals surface area (Å²) in [5, 5.41) is 14.0. The normalized spacial score (nSPS) is 14.3. The highest BCUT2D eigenvalue weighted by atomic mass is 16.6. The number of hydrogen-bond acceptors (Lipinski definition) is 6. The van der Waals surface area contributed by atoms with Crippen LogP contribution in [0, 0.1) is 17.0 Å². The van der Waals surface area contributed by atoms with Crippen LogP contribution in [-0.2, 0) is 13.6 Å². The summed E-state index contributed by atoms with van der Waals surface area (Å²) >= 11 is 0. The number of benzene rings is 1. The van der Waals surface area contributed by atoms with E-state index in [0.717, 1.165) is 4.57 Å². The Morgan fingerprint density at radius 2 is 1.96 bits per heavy atom. The third-order valence-corrected chi connectivity index (χ3v) is 4.46. The number of rotatable bonds is 4. The SMILES string of the molecule is CCCn1c2c(c(=O)n(C)c1=O)C(=O)/C(=C/c1ccc(C)c([N+](=O)[O-])c1)N2. The second kappa shape index (κ2) is 6.67. The number of Topliss-reactive ketones (excluding diaryl/α,β-unsaturated/α-hetero) is 1. The average molecular weight is 370 g/mol. The van der Waals surface area contributed by atoms with Gasteiger partial charge in [-0.05, 0) is 25.0 Å². The van der Waals surface area contributed by atoms with E-state index in [0.29, 0.717) is 24.1 Å². The second-order valence-corrected chi connectivity index (χ2v) is 6.34. The van der Waals surface area contributed by atoms with E-state index in [9.17, 15) is 24.5 Å². The van der Waals surface area contributed by atoms with Crippen molar-refractivity contribution < 1.29 is 9.72 Å². The highest BCUT2D eigenvalue weighted by molar-refractivity contribution is 6.19. The maximum atomic E-state index is 12.7. The van der Waals surface area contributed by atoms with E-state index in [4.69, 9.17) is 0 Å². The summed E-state index contributed by atoms with van der Waals surface area (Å²) in [6, 6.07) is 4.59. The highest BCUT2D eigenvalue weighted by Crippen LogP contribution is 2.27. The Hall–Kier alpha value is -3.49. The van der Waals surface area contributed by atoms with Crippen LogP contribution >= 0.6 is 0 Å². The van der Waals surface area contributed by atoms with Crippen LogP contribution in [0.3, 0.4) is 0 Å². The van der Waals surface area contributed by atoms with E-state index in [-0.39, 0.29) is 22.8 Å². The summed E-state index contributed by atoms with van der Waals surface area (Å²) < 4.78 is 2.26. The lowest BCUT2D eigenvalue weighted by Crippen LogP contribution is -2.40. The number of hydrogen-bond donors (Lipinski definition) is 1. The Labute approximate surface area is 153 Å². The number of ketones is 1. The zero-order valence-corrected chi connectivity index (χ0v) is 15.1. The van der Waals surface area contributed by atoms with Crippen LogP contribution in [-0.4, -0.2) is 19.8 Å². The van der Waals surface area contributed by atoms with Crippen molar-refractivity contribution in [1.82, 2.24) is 9.13 Å². The molecule has 0 saturated heterocycles. The van der Waals surface area contributed by atoms with Crippen LogP contribution in [0.5, 0.6) is 0 Å². The topological polar surface area (TPSA) is 116 Å². The Bertz CT molecular complexity index is 1120. The van der Waals surface area contributed by atoms with Gasteiger partial charge in [-0.1, -0.05) is 19.1 Å². The van der Waals surface area contributed by atoms with Crippen molar-refractivity contribution >= 4 is 23.4 Å². The number of allylic oxidation sites excluding steroid dienone is 1. The van der Waals surface area contributed by atoms with Crippen molar-refractivity contribution in [2.75, 3.05) is 5.32 Å². The predicted molar refractivity (Wildman–Crippen MR) is 100.0 cm³/mol. The number of carbonyl (C=O) groups excluding carboxylic acids is 1. The molecule has 1 aromatic heterocycles. The van der Waals surface area contributed by atoms with Crippen LogP contribution in [0.1, 0.15) is 34.8 Å². The van der Waals surface area contributed by atoms with Gasteiger partial charge in [0.05, 0.1) is 10.6 Å². The van der Waals surface area contributed by atoms with Gasteiger partial charge >= 0.3 is 5.69 Å². The molecular weight excluding hydrogens is 352 g/mol. The zero-order valence-electron chi connectivity index (χ0n) is 15.1. The standard InChI is InChI=1S/C18H18N4O5/c1-4-7-21-16-14(17(24)20(3)18(21)25)15(23)12(19-16)8-11-6-5-10(2)13(9-11)22(26)27/h5-6,8-9,19H,4,7H2,1-3H3/b12-8-. The lowest BCUT2D eigenvalue weighted by atomic mass is 10.1. The molecular formula is C18H18N4O5. The van der Waals surface area contributed by atoms with Crippen LogP contribution in [0.2, 0.25) is 0 Å². The summed E-state index contributed by atoms with van der Waals surface area (Å²) in [5.41, 5.74) is -0.300. The lowest BCUT2D eigenvalue weighted by Gasteiger charge is -2.11. The first-order valence-corrected chi connectivity index (χ1v) is 8.38. The summed E-state index contributed by atoms with van der Waals surface area (Å²) in [5.74, 6) is -0.374. The number of carbonyl (C=O) groups is 1. The van der Waals surface area contributed by atoms with Crippen molar-refractivity contribution in [2.24, 2.45) is 7.05 Å². The fourth-order valence-corrected chi connectivity index (χ4v) is 3.03. The predicted octanol–water partition coefficient (Wildman–Crippen LogP) is 1.82. The molecule has 0 unspecified atom stereocenters. The van der Waals surface area contributed by atoms with Gasteiger partial charge in [-0.25, -0.2) is 4.79 Å². The van der Waals surface area contributed by atoms with E-state index in [1.54, 1.807) is 19.1 Å². The van der Waals surface area contributed by atoms with Gasteiger partial charge in [0.1, 0.15) is 11.4 Å². The van der Waals surface area contributed by atoms with Gasteiger partial charge in [0.15, 0.2) is 0 Å². The number of fused-ring (bicyclic) bond motifs is 1. The molecule has 0 saturated carbocycles. The molecule has 1 aromatic carbocycles. The van der Waals surface area contributed by atoms with Crippen LogP contribution < -0.4 is 16.6 Å². The van der Waals surface area contributed by atoms with Gasteiger partial charge in [0, 0.05) is 25.2 Å². The van der Waals surface area contributed by atoms with E-state index in [1.807, 2.05) is 6.92 Å². The zero-order chi connectivity index (χ0) is 19.9. The fraction of sp³-hybridized carbons (Fsp3) is 0.278. The molecule has 0 amide bonds. The first kappa shape index (κ1) is 18.3. The van der Waals surface area contributed by atoms with Gasteiger partial charge in [0.2, 0.25) is 5.78 Å². The largest absolute Gasteiger partial charge is 0.338 e. The Morgan fingerprint density at radius 1 is 1.26 bits per heavy atom. The number of nitrogens with one attached hydrogen (secondary N) is 1. The maximum Gasteiger partial charge on any atom is 0.332 e. The number of aromatic nitrogens is 2. The number of aryl methyl sites for hydroxylation is 1. The average Bonchev–Trinajstić information content (AvgIpc) is 2.94. The molecule has 0 radical (unpaired) electrons. The molecule has 140 valence electrons. The molecule has 0 atom stereocenters.